The molecule has 0 aliphatic heterocycles. The summed E-state index contributed by atoms with van der Waals surface area (Å²) in [4.78, 5) is 24.0. The van der Waals surface area contributed by atoms with E-state index in [4.69, 9.17) is 10.6 Å². The summed E-state index contributed by atoms with van der Waals surface area (Å²) in [6.07, 6.45) is 0.656. The van der Waals surface area contributed by atoms with E-state index in [0.717, 1.165) is 0 Å². The van der Waals surface area contributed by atoms with Gasteiger partial charge in [-0.25, -0.2) is 9.47 Å². The molecular weight excluding hydrogens is 330 g/mol. The SMILES string of the molecule is CCOC(=O)c1ccccc1NC(=O)CSc1nnc(CC)n1N. The van der Waals surface area contributed by atoms with Crippen LogP contribution in [0.1, 0.15) is 30.0 Å². The molecule has 3 N–H and O–H groups in total. The van der Waals surface area contributed by atoms with E-state index in [9.17, 15) is 9.59 Å². The molecule has 0 radical (unpaired) electrons. The third kappa shape index (κ3) is 4.25. The largest absolute Gasteiger partial charge is 0.462 e. The van der Waals surface area contributed by atoms with Crippen molar-refractivity contribution in [2.24, 2.45) is 0 Å². The number of para-hydroxylation sites is 1. The maximum atomic E-state index is 12.1. The number of anilines is 1. The number of aromatic nitrogens is 3. The van der Waals surface area contributed by atoms with Gasteiger partial charge >= 0.3 is 5.97 Å². The average molecular weight is 349 g/mol. The van der Waals surface area contributed by atoms with E-state index in [1.165, 1.54) is 16.4 Å². The maximum absolute atomic E-state index is 12.1. The van der Waals surface area contributed by atoms with E-state index in [-0.39, 0.29) is 18.3 Å². The van der Waals surface area contributed by atoms with Crippen molar-refractivity contribution in [1.82, 2.24) is 14.9 Å². The molecule has 0 spiro atoms. The summed E-state index contributed by atoms with van der Waals surface area (Å²) in [5, 5.41) is 11.0. The molecule has 0 aliphatic rings. The molecule has 0 saturated carbocycles. The summed E-state index contributed by atoms with van der Waals surface area (Å²) >= 11 is 1.17. The topological polar surface area (TPSA) is 112 Å². The number of hydrogen-bond donors (Lipinski definition) is 2. The number of nitrogens with one attached hydrogen (secondary N) is 1. The van der Waals surface area contributed by atoms with E-state index in [1.807, 2.05) is 6.92 Å². The highest BCUT2D eigenvalue weighted by atomic mass is 32.2. The molecule has 24 heavy (non-hydrogen) atoms. The van der Waals surface area contributed by atoms with Crippen LogP contribution >= 0.6 is 11.8 Å². The van der Waals surface area contributed by atoms with E-state index in [0.29, 0.717) is 28.7 Å². The zero-order valence-electron chi connectivity index (χ0n) is 13.5. The molecule has 128 valence electrons. The lowest BCUT2D eigenvalue weighted by Gasteiger charge is -2.10. The van der Waals surface area contributed by atoms with E-state index < -0.39 is 5.97 Å². The summed E-state index contributed by atoms with van der Waals surface area (Å²) < 4.78 is 6.34. The van der Waals surface area contributed by atoms with Gasteiger partial charge in [0, 0.05) is 6.42 Å². The van der Waals surface area contributed by atoms with Gasteiger partial charge in [0.15, 0.2) is 5.82 Å². The Kier molecular flexibility index (Phi) is 6.19. The van der Waals surface area contributed by atoms with Crippen LogP contribution in [0, 0.1) is 0 Å². The molecule has 2 rings (SSSR count). The van der Waals surface area contributed by atoms with Crippen LogP contribution in [0.5, 0.6) is 0 Å². The van der Waals surface area contributed by atoms with Gasteiger partial charge in [0.1, 0.15) is 0 Å². The monoisotopic (exact) mass is 349 g/mol. The molecule has 1 amide bonds. The molecule has 0 bridgehead atoms. The Hall–Kier alpha value is -2.55. The maximum Gasteiger partial charge on any atom is 0.340 e. The molecule has 0 unspecified atom stereocenters. The summed E-state index contributed by atoms with van der Waals surface area (Å²) in [7, 11) is 0. The normalized spacial score (nSPS) is 10.4. The standard InChI is InChI=1S/C15H19N5O3S/c1-3-12-18-19-15(20(12)16)24-9-13(21)17-11-8-6-5-7-10(11)14(22)23-4-2/h5-8H,3-4,9,16H2,1-2H3,(H,17,21). The zero-order chi connectivity index (χ0) is 17.5. The Bertz CT molecular complexity index is 732. The van der Waals surface area contributed by atoms with Crippen LogP contribution < -0.4 is 11.2 Å². The van der Waals surface area contributed by atoms with Crippen LogP contribution in [0.25, 0.3) is 0 Å². The average Bonchev–Trinajstić information content (AvgIpc) is 2.93. The van der Waals surface area contributed by atoms with Gasteiger partial charge in [-0.05, 0) is 19.1 Å². The van der Waals surface area contributed by atoms with Crippen molar-refractivity contribution in [2.45, 2.75) is 25.4 Å². The van der Waals surface area contributed by atoms with Gasteiger partial charge < -0.3 is 15.9 Å². The van der Waals surface area contributed by atoms with Crippen LogP contribution in [-0.4, -0.2) is 39.1 Å². The number of carbonyl (C=O) groups is 2. The summed E-state index contributed by atoms with van der Waals surface area (Å²) in [6, 6.07) is 6.69. The molecule has 0 saturated heterocycles. The van der Waals surface area contributed by atoms with Crippen molar-refractivity contribution in [2.75, 3.05) is 23.5 Å². The molecule has 2 aromatic rings. The number of thioether (sulfide) groups is 1. The first-order valence-corrected chi connectivity index (χ1v) is 8.43. The molecule has 0 aliphatic carbocycles. The van der Waals surface area contributed by atoms with Gasteiger partial charge in [-0.3, -0.25) is 4.79 Å². The second kappa shape index (κ2) is 8.34. The lowest BCUT2D eigenvalue weighted by Crippen LogP contribution is -2.19. The van der Waals surface area contributed by atoms with Gasteiger partial charge in [-0.15, -0.1) is 10.2 Å². The highest BCUT2D eigenvalue weighted by molar-refractivity contribution is 7.99. The third-order valence-corrected chi connectivity index (χ3v) is 4.02. The number of amides is 1. The van der Waals surface area contributed by atoms with Crippen molar-refractivity contribution in [3.8, 4) is 0 Å². The molecule has 0 atom stereocenters. The fraction of sp³-hybridized carbons (Fsp3) is 0.333. The zero-order valence-corrected chi connectivity index (χ0v) is 14.3. The van der Waals surface area contributed by atoms with Crippen LogP contribution in [0.15, 0.2) is 29.4 Å². The van der Waals surface area contributed by atoms with Crippen LogP contribution in [0.4, 0.5) is 5.69 Å². The first-order valence-electron chi connectivity index (χ1n) is 7.45. The van der Waals surface area contributed by atoms with Crippen molar-refractivity contribution in [3.05, 3.63) is 35.7 Å². The number of esters is 1. The molecule has 1 aromatic heterocycles. The number of nitrogens with two attached hydrogens (primary N) is 1. The second-order valence-electron chi connectivity index (χ2n) is 4.73. The highest BCUT2D eigenvalue weighted by Crippen LogP contribution is 2.18. The van der Waals surface area contributed by atoms with Gasteiger partial charge in [0.25, 0.3) is 0 Å². The first kappa shape index (κ1) is 17.8. The van der Waals surface area contributed by atoms with E-state index >= 15 is 0 Å². The minimum absolute atomic E-state index is 0.0935. The number of aryl methyl sites for hydroxylation is 1. The van der Waals surface area contributed by atoms with E-state index in [2.05, 4.69) is 15.5 Å². The number of nitrogens with zero attached hydrogens (tertiary/aromatic N) is 3. The third-order valence-electron chi connectivity index (χ3n) is 3.08. The Morgan fingerprint density at radius 1 is 1.29 bits per heavy atom. The predicted molar refractivity (Wildman–Crippen MR) is 91.3 cm³/mol. The van der Waals surface area contributed by atoms with Crippen LogP contribution in [0.3, 0.4) is 0 Å². The van der Waals surface area contributed by atoms with Crippen LogP contribution in [-0.2, 0) is 16.0 Å². The Labute approximate surface area is 143 Å². The number of carbonyl (C=O) groups excluding carboxylic acids is 2. The fourth-order valence-electron chi connectivity index (χ4n) is 1.94. The Morgan fingerprint density at radius 3 is 2.71 bits per heavy atom. The second-order valence-corrected chi connectivity index (χ2v) is 5.67. The van der Waals surface area contributed by atoms with Crippen molar-refractivity contribution < 1.29 is 14.3 Å². The molecule has 8 nitrogen and oxygen atoms in total. The molecule has 9 heteroatoms. The Balaban J connectivity index is 2.00. The molecular formula is C15H19N5O3S. The quantitative estimate of drug-likeness (QED) is 0.442. The smallest absolute Gasteiger partial charge is 0.340 e. The number of nitrogen functional groups attached to an aromatic ring is 1. The lowest BCUT2D eigenvalue weighted by atomic mass is 10.2. The van der Waals surface area contributed by atoms with Gasteiger partial charge in [0.2, 0.25) is 11.1 Å². The highest BCUT2D eigenvalue weighted by Gasteiger charge is 2.15. The number of rotatable bonds is 7. The fourth-order valence-corrected chi connectivity index (χ4v) is 2.62. The molecule has 0 fully saturated rings. The van der Waals surface area contributed by atoms with E-state index in [1.54, 1.807) is 31.2 Å². The predicted octanol–water partition coefficient (Wildman–Crippen LogP) is 1.46. The van der Waals surface area contributed by atoms with Gasteiger partial charge in [0.05, 0.1) is 23.6 Å². The van der Waals surface area contributed by atoms with Crippen molar-refractivity contribution in [1.29, 1.82) is 0 Å². The summed E-state index contributed by atoms with van der Waals surface area (Å²) in [6.45, 7) is 3.91. The minimum Gasteiger partial charge on any atom is -0.462 e. The molecule has 1 aromatic carbocycles. The Morgan fingerprint density at radius 2 is 2.04 bits per heavy atom. The summed E-state index contributed by atoms with van der Waals surface area (Å²) in [5.74, 6) is 5.81. The minimum atomic E-state index is -0.477. The van der Waals surface area contributed by atoms with Crippen molar-refractivity contribution in [3.63, 3.8) is 0 Å². The van der Waals surface area contributed by atoms with Crippen LogP contribution in [0.2, 0.25) is 0 Å². The number of benzene rings is 1. The van der Waals surface area contributed by atoms with Gasteiger partial charge in [-0.1, -0.05) is 30.8 Å². The first-order chi connectivity index (χ1) is 11.6. The lowest BCUT2D eigenvalue weighted by molar-refractivity contribution is -0.113. The molecule has 1 heterocycles. The number of ether oxygens (including phenoxy) is 1. The number of hydrogen-bond acceptors (Lipinski definition) is 7. The summed E-state index contributed by atoms with van der Waals surface area (Å²) in [5.41, 5.74) is 0.720. The van der Waals surface area contributed by atoms with Gasteiger partial charge in [-0.2, -0.15) is 0 Å². The van der Waals surface area contributed by atoms with Crippen molar-refractivity contribution >= 4 is 29.3 Å².